The molecule has 0 heterocycles. The Bertz CT molecular complexity index is 1980. The number of halogens is 2. The zero-order valence-electron chi connectivity index (χ0n) is 29.6. The van der Waals surface area contributed by atoms with Crippen LogP contribution >= 0.6 is 0 Å². The molecule has 2 aliphatic carbocycles. The van der Waals surface area contributed by atoms with Crippen molar-refractivity contribution in [3.63, 3.8) is 0 Å². The molecule has 0 saturated heterocycles. The zero-order valence-corrected chi connectivity index (χ0v) is 29.6. The summed E-state index contributed by atoms with van der Waals surface area (Å²) in [5.41, 5.74) is 15.6. The molecule has 0 radical (unpaired) electrons. The molecule has 0 amide bonds. The lowest BCUT2D eigenvalue weighted by molar-refractivity contribution is -0.136. The fourth-order valence-electron chi connectivity index (χ4n) is 6.80. The highest BCUT2D eigenvalue weighted by atomic mass is 19.1. The molecule has 0 fully saturated rings. The first-order chi connectivity index (χ1) is 23.4. The SMILES string of the molecule is CC1=C(CCC(=O)O)c2cc(F)ccc2/C1=C\c1ccc(C(C)C)cc1.CCC1=C(C)/C(=C/c2ccc(C(C)C)cc2)c2ccc(F)cc21. The van der Waals surface area contributed by atoms with Gasteiger partial charge in [-0.3, -0.25) is 4.79 Å². The third-order valence-electron chi connectivity index (χ3n) is 9.68. The molecule has 0 aliphatic heterocycles. The van der Waals surface area contributed by atoms with Gasteiger partial charge in [0.15, 0.2) is 0 Å². The van der Waals surface area contributed by atoms with Crippen LogP contribution in [0.2, 0.25) is 0 Å². The monoisotopic (exact) mass is 656 g/mol. The Kier molecular flexibility index (Phi) is 11.0. The van der Waals surface area contributed by atoms with Crippen molar-refractivity contribution < 1.29 is 18.7 Å². The normalized spacial score (nSPS) is 15.3. The molecule has 0 bridgehead atoms. The van der Waals surface area contributed by atoms with Gasteiger partial charge in [-0.2, -0.15) is 0 Å². The standard InChI is InChI=1S/C23H23FO2.C22H23F/c1-14(2)17-6-4-16(5-7-17)12-21-15(3)19(10-11-23(25)26)22-13-18(24)8-9-20(21)22;1-5-19-15(4)21(20-11-10-18(23)13-22(19)20)12-16-6-8-17(9-7-16)14(2)3/h4-9,12-14H,10-11H2,1-3H3,(H,25,26);6-14H,5H2,1-4H3/b2*21-12-. The van der Waals surface area contributed by atoms with Crippen molar-refractivity contribution in [1.29, 1.82) is 0 Å². The second kappa shape index (κ2) is 15.2. The maximum absolute atomic E-state index is 13.8. The van der Waals surface area contributed by atoms with E-state index in [0.717, 1.165) is 51.0 Å². The minimum Gasteiger partial charge on any atom is -0.481 e. The van der Waals surface area contributed by atoms with Gasteiger partial charge in [0.05, 0.1) is 0 Å². The summed E-state index contributed by atoms with van der Waals surface area (Å²) in [6.07, 6.45) is 5.69. The van der Waals surface area contributed by atoms with Crippen LogP contribution in [-0.2, 0) is 4.79 Å². The number of allylic oxidation sites excluding steroid dienone is 6. The number of carbonyl (C=O) groups is 1. The fourth-order valence-corrected chi connectivity index (χ4v) is 6.80. The summed E-state index contributed by atoms with van der Waals surface area (Å²) in [5.74, 6) is -0.279. The lowest BCUT2D eigenvalue weighted by atomic mass is 9.98. The first kappa shape index (κ1) is 35.5. The number of rotatable bonds is 8. The van der Waals surface area contributed by atoms with Crippen LogP contribution in [0.5, 0.6) is 0 Å². The van der Waals surface area contributed by atoms with E-state index >= 15 is 0 Å². The Balaban J connectivity index is 0.000000192. The highest BCUT2D eigenvalue weighted by molar-refractivity contribution is 6.06. The topological polar surface area (TPSA) is 37.3 Å². The lowest BCUT2D eigenvalue weighted by Crippen LogP contribution is -1.95. The van der Waals surface area contributed by atoms with Crippen LogP contribution in [-0.4, -0.2) is 11.1 Å². The van der Waals surface area contributed by atoms with E-state index in [0.29, 0.717) is 18.3 Å². The molecule has 0 saturated carbocycles. The molecule has 0 atom stereocenters. The molecular weight excluding hydrogens is 610 g/mol. The van der Waals surface area contributed by atoms with Crippen LogP contribution in [0.3, 0.4) is 0 Å². The predicted molar refractivity (Wildman–Crippen MR) is 202 cm³/mol. The zero-order chi connectivity index (χ0) is 35.4. The van der Waals surface area contributed by atoms with E-state index in [2.05, 4.69) is 102 Å². The van der Waals surface area contributed by atoms with Crippen molar-refractivity contribution in [2.75, 3.05) is 0 Å². The first-order valence-corrected chi connectivity index (χ1v) is 17.2. The Morgan fingerprint density at radius 2 is 1.04 bits per heavy atom. The van der Waals surface area contributed by atoms with Crippen molar-refractivity contribution in [3.05, 3.63) is 152 Å². The first-order valence-electron chi connectivity index (χ1n) is 17.2. The fraction of sp³-hybridized carbons (Fsp3) is 0.267. The second-order valence-electron chi connectivity index (χ2n) is 13.6. The van der Waals surface area contributed by atoms with E-state index in [9.17, 15) is 13.6 Å². The molecule has 0 unspecified atom stereocenters. The Morgan fingerprint density at radius 3 is 1.43 bits per heavy atom. The lowest BCUT2D eigenvalue weighted by Gasteiger charge is -2.07. The molecule has 0 aromatic heterocycles. The average molecular weight is 657 g/mol. The van der Waals surface area contributed by atoms with Crippen LogP contribution in [0, 0.1) is 11.6 Å². The van der Waals surface area contributed by atoms with Crippen molar-refractivity contribution in [2.24, 2.45) is 0 Å². The number of aliphatic carboxylic acids is 1. The number of fused-ring (bicyclic) bond motifs is 2. The van der Waals surface area contributed by atoms with Gasteiger partial charge in [-0.1, -0.05) is 95.3 Å². The van der Waals surface area contributed by atoms with Crippen LogP contribution in [0.4, 0.5) is 8.78 Å². The Hall–Kier alpha value is -4.83. The smallest absolute Gasteiger partial charge is 0.303 e. The molecule has 4 heteroatoms. The van der Waals surface area contributed by atoms with Crippen molar-refractivity contribution in [1.82, 2.24) is 0 Å². The highest BCUT2D eigenvalue weighted by Crippen LogP contribution is 2.45. The number of carboxylic acid groups (broad SMARTS) is 1. The minimum absolute atomic E-state index is 0.0407. The molecule has 49 heavy (non-hydrogen) atoms. The maximum Gasteiger partial charge on any atom is 0.303 e. The summed E-state index contributed by atoms with van der Waals surface area (Å²) in [4.78, 5) is 11.0. The largest absolute Gasteiger partial charge is 0.481 e. The quantitative estimate of drug-likeness (QED) is 0.205. The van der Waals surface area contributed by atoms with Crippen LogP contribution in [0.15, 0.2) is 96.1 Å². The molecular formula is C45H46F2O2. The summed E-state index contributed by atoms with van der Waals surface area (Å²) in [5, 5.41) is 9.02. The molecule has 2 aliphatic rings. The third-order valence-corrected chi connectivity index (χ3v) is 9.68. The number of hydrogen-bond donors (Lipinski definition) is 1. The maximum atomic E-state index is 13.8. The number of carboxylic acids is 1. The second-order valence-corrected chi connectivity index (χ2v) is 13.6. The summed E-state index contributed by atoms with van der Waals surface area (Å²) < 4.78 is 27.4. The van der Waals surface area contributed by atoms with Gasteiger partial charge >= 0.3 is 5.97 Å². The van der Waals surface area contributed by atoms with E-state index in [1.54, 1.807) is 18.2 Å². The molecule has 0 spiro atoms. The minimum atomic E-state index is -0.843. The van der Waals surface area contributed by atoms with E-state index < -0.39 is 5.97 Å². The van der Waals surface area contributed by atoms with Gasteiger partial charge in [-0.25, -0.2) is 8.78 Å². The van der Waals surface area contributed by atoms with Crippen LogP contribution in [0.25, 0.3) is 34.4 Å². The number of hydrogen-bond acceptors (Lipinski definition) is 1. The summed E-state index contributed by atoms with van der Waals surface area (Å²) in [6.45, 7) is 15.0. The van der Waals surface area contributed by atoms with Gasteiger partial charge < -0.3 is 5.11 Å². The van der Waals surface area contributed by atoms with Crippen molar-refractivity contribution >= 4 is 40.4 Å². The number of benzene rings is 4. The van der Waals surface area contributed by atoms with E-state index in [-0.39, 0.29) is 18.1 Å². The molecule has 252 valence electrons. The van der Waals surface area contributed by atoms with Gasteiger partial charge in [0, 0.05) is 6.42 Å². The summed E-state index contributed by atoms with van der Waals surface area (Å²) >= 11 is 0. The molecule has 1 N–H and O–H groups in total. The predicted octanol–water partition coefficient (Wildman–Crippen LogP) is 12.8. The van der Waals surface area contributed by atoms with Crippen LogP contribution in [0.1, 0.15) is 124 Å². The van der Waals surface area contributed by atoms with Gasteiger partial charge in [-0.05, 0) is 153 Å². The van der Waals surface area contributed by atoms with Crippen LogP contribution < -0.4 is 0 Å². The highest BCUT2D eigenvalue weighted by Gasteiger charge is 2.25. The molecule has 4 aromatic rings. The molecule has 6 rings (SSSR count). The van der Waals surface area contributed by atoms with Gasteiger partial charge in [0.2, 0.25) is 0 Å². The van der Waals surface area contributed by atoms with E-state index in [1.807, 2.05) is 13.0 Å². The Morgan fingerprint density at radius 1 is 0.633 bits per heavy atom. The van der Waals surface area contributed by atoms with Crippen molar-refractivity contribution in [3.8, 4) is 0 Å². The summed E-state index contributed by atoms with van der Waals surface area (Å²) in [7, 11) is 0. The summed E-state index contributed by atoms with van der Waals surface area (Å²) in [6, 6.07) is 27.1. The van der Waals surface area contributed by atoms with E-state index in [4.69, 9.17) is 5.11 Å². The van der Waals surface area contributed by atoms with Gasteiger partial charge in [0.1, 0.15) is 11.6 Å². The third kappa shape index (κ3) is 7.91. The average Bonchev–Trinajstić information content (AvgIpc) is 3.48. The van der Waals surface area contributed by atoms with E-state index in [1.165, 1.54) is 45.5 Å². The molecule has 4 aromatic carbocycles. The molecule has 2 nitrogen and oxygen atoms in total. The Labute approximate surface area is 290 Å². The van der Waals surface area contributed by atoms with Gasteiger partial charge in [-0.15, -0.1) is 0 Å². The van der Waals surface area contributed by atoms with Crippen molar-refractivity contribution in [2.45, 2.75) is 79.6 Å². The van der Waals surface area contributed by atoms with Gasteiger partial charge in [0.25, 0.3) is 0 Å².